The summed E-state index contributed by atoms with van der Waals surface area (Å²) in [6.45, 7) is 0.416. The lowest BCUT2D eigenvalue weighted by molar-refractivity contribution is -0.116. The molecule has 0 fully saturated rings. The van der Waals surface area contributed by atoms with Gasteiger partial charge >= 0.3 is 5.76 Å². The molecule has 8 nitrogen and oxygen atoms in total. The summed E-state index contributed by atoms with van der Waals surface area (Å²) in [4.78, 5) is 37.3. The van der Waals surface area contributed by atoms with E-state index in [4.69, 9.17) is 0 Å². The van der Waals surface area contributed by atoms with Crippen molar-refractivity contribution in [1.82, 2.24) is 15.5 Å². The number of carbonyl (C=O) groups excluding carboxylic acids is 2. The largest absolute Gasteiger partial charge is 0.439 e. The lowest BCUT2D eigenvalue weighted by Crippen LogP contribution is -2.25. The van der Waals surface area contributed by atoms with E-state index in [0.717, 1.165) is 0 Å². The van der Waals surface area contributed by atoms with Crippen molar-refractivity contribution in [2.45, 2.75) is 12.8 Å². The Balaban J connectivity index is 1.41. The van der Waals surface area contributed by atoms with Crippen LogP contribution < -0.4 is 16.4 Å². The third-order valence-electron chi connectivity index (χ3n) is 3.78. The Morgan fingerprint density at radius 3 is 2.44 bits per heavy atom. The highest BCUT2D eigenvalue weighted by atomic mass is 16.5. The monoisotopic (exact) mass is 366 g/mol. The van der Waals surface area contributed by atoms with Gasteiger partial charge in [0.25, 0.3) is 5.91 Å². The molecule has 2 amide bonds. The Morgan fingerprint density at radius 2 is 1.78 bits per heavy atom. The molecule has 0 aliphatic rings. The normalized spacial score (nSPS) is 10.4. The smallest absolute Gasteiger partial charge is 0.352 e. The highest BCUT2D eigenvalue weighted by molar-refractivity contribution is 5.94. The Kier molecular flexibility index (Phi) is 5.78. The van der Waals surface area contributed by atoms with Crippen molar-refractivity contribution in [3.8, 4) is 11.4 Å². The number of H-pyrrole nitrogens is 1. The van der Waals surface area contributed by atoms with Crippen LogP contribution in [0, 0.1) is 0 Å². The van der Waals surface area contributed by atoms with E-state index in [1.54, 1.807) is 48.5 Å². The van der Waals surface area contributed by atoms with E-state index in [-0.39, 0.29) is 18.2 Å². The molecule has 0 saturated heterocycles. The first-order chi connectivity index (χ1) is 13.1. The molecule has 0 bridgehead atoms. The fraction of sp³-hybridized carbons (Fsp3) is 0.158. The summed E-state index contributed by atoms with van der Waals surface area (Å²) in [5.41, 5.74) is 1.89. The number of nitrogens with zero attached hydrogens (tertiary/aromatic N) is 1. The summed E-state index contributed by atoms with van der Waals surface area (Å²) < 4.78 is 4.45. The van der Waals surface area contributed by atoms with Crippen LogP contribution in [0.25, 0.3) is 11.4 Å². The SMILES string of the molecule is O=C(CCCNC(=O)c1ccccc1)Nc1ccc(-c2noc(=O)[nH]2)cc1. The van der Waals surface area contributed by atoms with E-state index in [2.05, 4.69) is 25.3 Å². The van der Waals surface area contributed by atoms with Gasteiger partial charge in [0.1, 0.15) is 0 Å². The van der Waals surface area contributed by atoms with Gasteiger partial charge in [-0.15, -0.1) is 0 Å². The van der Waals surface area contributed by atoms with Crippen LogP contribution in [0.2, 0.25) is 0 Å². The number of rotatable bonds is 7. The van der Waals surface area contributed by atoms with Crippen LogP contribution in [0.15, 0.2) is 63.9 Å². The fourth-order valence-electron chi connectivity index (χ4n) is 2.43. The number of carbonyl (C=O) groups is 2. The quantitative estimate of drug-likeness (QED) is 0.554. The lowest BCUT2D eigenvalue weighted by atomic mass is 10.2. The van der Waals surface area contributed by atoms with E-state index in [1.807, 2.05) is 6.07 Å². The minimum Gasteiger partial charge on any atom is -0.352 e. The molecule has 2 aromatic carbocycles. The van der Waals surface area contributed by atoms with Crippen LogP contribution in [0.3, 0.4) is 0 Å². The summed E-state index contributed by atoms with van der Waals surface area (Å²) in [6, 6.07) is 15.8. The molecule has 0 saturated carbocycles. The molecular weight excluding hydrogens is 348 g/mol. The minimum absolute atomic E-state index is 0.147. The number of benzene rings is 2. The number of anilines is 1. The molecule has 3 rings (SSSR count). The highest BCUT2D eigenvalue weighted by Gasteiger charge is 2.07. The summed E-state index contributed by atoms with van der Waals surface area (Å²) >= 11 is 0. The van der Waals surface area contributed by atoms with Gasteiger partial charge in [-0.25, -0.2) is 4.79 Å². The van der Waals surface area contributed by atoms with Gasteiger partial charge in [-0.3, -0.25) is 19.1 Å². The van der Waals surface area contributed by atoms with Crippen molar-refractivity contribution in [2.75, 3.05) is 11.9 Å². The summed E-state index contributed by atoms with van der Waals surface area (Å²) in [5.74, 6) is -0.599. The Hall–Kier alpha value is -3.68. The van der Waals surface area contributed by atoms with Crippen molar-refractivity contribution in [3.05, 3.63) is 70.7 Å². The van der Waals surface area contributed by atoms with Crippen molar-refractivity contribution >= 4 is 17.5 Å². The van der Waals surface area contributed by atoms with Crippen molar-refractivity contribution < 1.29 is 14.1 Å². The Morgan fingerprint density at radius 1 is 1.04 bits per heavy atom. The molecule has 0 spiro atoms. The maximum atomic E-state index is 12.0. The molecule has 1 heterocycles. The second-order valence-corrected chi connectivity index (χ2v) is 5.79. The van der Waals surface area contributed by atoms with Gasteiger partial charge in [0.15, 0.2) is 5.82 Å². The van der Waals surface area contributed by atoms with E-state index in [0.29, 0.717) is 35.6 Å². The molecular formula is C19H18N4O4. The lowest BCUT2D eigenvalue weighted by Gasteiger charge is -2.07. The fourth-order valence-corrected chi connectivity index (χ4v) is 2.43. The van der Waals surface area contributed by atoms with Gasteiger partial charge in [-0.05, 0) is 42.8 Å². The summed E-state index contributed by atoms with van der Waals surface area (Å²) in [7, 11) is 0. The van der Waals surface area contributed by atoms with Crippen molar-refractivity contribution in [1.29, 1.82) is 0 Å². The molecule has 8 heteroatoms. The van der Waals surface area contributed by atoms with Gasteiger partial charge in [-0.1, -0.05) is 23.4 Å². The second-order valence-electron chi connectivity index (χ2n) is 5.79. The third kappa shape index (κ3) is 5.15. The Bertz CT molecular complexity index is 961. The third-order valence-corrected chi connectivity index (χ3v) is 3.78. The zero-order chi connectivity index (χ0) is 19.1. The number of nitrogens with one attached hydrogen (secondary N) is 3. The van der Waals surface area contributed by atoms with Gasteiger partial charge in [0.2, 0.25) is 5.91 Å². The summed E-state index contributed by atoms with van der Waals surface area (Å²) in [6.07, 6.45) is 0.816. The van der Waals surface area contributed by atoms with Crippen LogP contribution in [-0.2, 0) is 4.79 Å². The van der Waals surface area contributed by atoms with Crippen LogP contribution in [-0.4, -0.2) is 28.5 Å². The molecule has 138 valence electrons. The zero-order valence-electron chi connectivity index (χ0n) is 14.4. The van der Waals surface area contributed by atoms with E-state index >= 15 is 0 Å². The van der Waals surface area contributed by atoms with Crippen LogP contribution in [0.5, 0.6) is 0 Å². The predicted molar refractivity (Wildman–Crippen MR) is 99.2 cm³/mol. The van der Waals surface area contributed by atoms with E-state index in [9.17, 15) is 14.4 Å². The van der Waals surface area contributed by atoms with Gasteiger partial charge in [0, 0.05) is 29.8 Å². The van der Waals surface area contributed by atoms with Gasteiger partial charge in [-0.2, -0.15) is 0 Å². The predicted octanol–water partition coefficient (Wildman–Crippen LogP) is 2.18. The number of hydrogen-bond acceptors (Lipinski definition) is 5. The van der Waals surface area contributed by atoms with Gasteiger partial charge < -0.3 is 10.6 Å². The van der Waals surface area contributed by atoms with Crippen LogP contribution >= 0.6 is 0 Å². The maximum Gasteiger partial charge on any atom is 0.439 e. The number of aromatic amines is 1. The minimum atomic E-state index is -0.623. The first-order valence-electron chi connectivity index (χ1n) is 8.41. The van der Waals surface area contributed by atoms with Crippen molar-refractivity contribution in [3.63, 3.8) is 0 Å². The van der Waals surface area contributed by atoms with E-state index < -0.39 is 5.76 Å². The first-order valence-corrected chi connectivity index (χ1v) is 8.41. The molecule has 0 atom stereocenters. The number of amides is 2. The van der Waals surface area contributed by atoms with E-state index in [1.165, 1.54) is 0 Å². The number of aromatic nitrogens is 2. The molecule has 0 unspecified atom stereocenters. The molecule has 0 aliphatic heterocycles. The molecule has 3 N–H and O–H groups in total. The number of hydrogen-bond donors (Lipinski definition) is 3. The standard InChI is InChI=1S/C19H18N4O4/c24-16(7-4-12-20-18(25)14-5-2-1-3-6-14)21-15-10-8-13(9-11-15)17-22-19(26)27-23-17/h1-3,5-6,8-11H,4,7,12H2,(H,20,25)(H,21,24)(H,22,23,26). The maximum absolute atomic E-state index is 12.0. The average molecular weight is 366 g/mol. The molecule has 3 aromatic rings. The van der Waals surface area contributed by atoms with Gasteiger partial charge in [0.05, 0.1) is 0 Å². The zero-order valence-corrected chi connectivity index (χ0v) is 14.4. The highest BCUT2D eigenvalue weighted by Crippen LogP contribution is 2.17. The molecule has 1 aromatic heterocycles. The van der Waals surface area contributed by atoms with Crippen molar-refractivity contribution in [2.24, 2.45) is 0 Å². The topological polar surface area (TPSA) is 117 Å². The molecule has 0 aliphatic carbocycles. The second kappa shape index (κ2) is 8.61. The Labute approximate surface area is 154 Å². The van der Waals surface area contributed by atoms with Crippen LogP contribution in [0.1, 0.15) is 23.2 Å². The molecule has 0 radical (unpaired) electrons. The average Bonchev–Trinajstić information content (AvgIpc) is 3.13. The summed E-state index contributed by atoms with van der Waals surface area (Å²) in [5, 5.41) is 9.16. The molecule has 27 heavy (non-hydrogen) atoms. The first kappa shape index (κ1) is 18.1. The van der Waals surface area contributed by atoms with Crippen LogP contribution in [0.4, 0.5) is 5.69 Å².